The molecule has 0 aromatic carbocycles. The normalized spacial score (nSPS) is 28.3. The first-order valence-electron chi connectivity index (χ1n) is 6.95. The van der Waals surface area contributed by atoms with E-state index in [2.05, 4.69) is 45.7 Å². The molecule has 1 N–H and O–H groups in total. The Labute approximate surface area is 107 Å². The Kier molecular flexibility index (Phi) is 5.68. The zero-order chi connectivity index (χ0) is 12.9. The van der Waals surface area contributed by atoms with Crippen molar-refractivity contribution in [2.45, 2.75) is 59.2 Å². The second-order valence-corrected chi connectivity index (χ2v) is 6.23. The average molecular weight is 239 g/mol. The number of rotatable bonds is 7. The van der Waals surface area contributed by atoms with Gasteiger partial charge in [0, 0.05) is 12.0 Å². The zero-order valence-electron chi connectivity index (χ0n) is 12.0. The van der Waals surface area contributed by atoms with Gasteiger partial charge < -0.3 is 10.1 Å². The van der Waals surface area contributed by atoms with Gasteiger partial charge in [0.2, 0.25) is 0 Å². The van der Waals surface area contributed by atoms with Gasteiger partial charge in [0.25, 0.3) is 0 Å². The first-order valence-corrected chi connectivity index (χ1v) is 6.95. The maximum absolute atomic E-state index is 5.91. The molecule has 0 amide bonds. The van der Waals surface area contributed by atoms with Crippen LogP contribution in [0, 0.1) is 11.3 Å². The minimum absolute atomic E-state index is 0.156. The van der Waals surface area contributed by atoms with Crippen LogP contribution in [0.4, 0.5) is 0 Å². The summed E-state index contributed by atoms with van der Waals surface area (Å²) >= 11 is 0. The summed E-state index contributed by atoms with van der Waals surface area (Å²) in [4.78, 5) is 0. The average Bonchev–Trinajstić information content (AvgIpc) is 2.63. The van der Waals surface area contributed by atoms with Crippen LogP contribution in [-0.4, -0.2) is 25.3 Å². The van der Waals surface area contributed by atoms with Gasteiger partial charge in [0.15, 0.2) is 0 Å². The summed E-state index contributed by atoms with van der Waals surface area (Å²) < 4.78 is 5.91. The number of hydrogen-bond acceptors (Lipinski definition) is 2. The fourth-order valence-electron chi connectivity index (χ4n) is 2.43. The second kappa shape index (κ2) is 6.55. The Morgan fingerprint density at radius 3 is 2.65 bits per heavy atom. The van der Waals surface area contributed by atoms with Crippen LogP contribution in [0.25, 0.3) is 0 Å². The van der Waals surface area contributed by atoms with E-state index in [0.29, 0.717) is 18.1 Å². The van der Waals surface area contributed by atoms with Gasteiger partial charge in [0.1, 0.15) is 0 Å². The van der Waals surface area contributed by atoms with Crippen molar-refractivity contribution in [3.05, 3.63) is 12.7 Å². The van der Waals surface area contributed by atoms with E-state index >= 15 is 0 Å². The fraction of sp³-hybridized carbons (Fsp3) is 0.867. The first-order chi connectivity index (χ1) is 7.95. The molecule has 0 aromatic rings. The monoisotopic (exact) mass is 239 g/mol. The standard InChI is InChI=1S/C15H29NO/c1-6-15(5,11-16-10-12(2)3)9-14-8-7-13(4)17-14/h6,12-14,16H,1,7-11H2,2-5H3. The van der Waals surface area contributed by atoms with Gasteiger partial charge in [-0.15, -0.1) is 6.58 Å². The Morgan fingerprint density at radius 2 is 2.18 bits per heavy atom. The highest BCUT2D eigenvalue weighted by atomic mass is 16.5. The van der Waals surface area contributed by atoms with Gasteiger partial charge in [-0.1, -0.05) is 26.8 Å². The van der Waals surface area contributed by atoms with Crippen molar-refractivity contribution in [3.8, 4) is 0 Å². The molecular weight excluding hydrogens is 210 g/mol. The highest BCUT2D eigenvalue weighted by Crippen LogP contribution is 2.31. The van der Waals surface area contributed by atoms with E-state index in [1.165, 1.54) is 12.8 Å². The summed E-state index contributed by atoms with van der Waals surface area (Å²) in [7, 11) is 0. The summed E-state index contributed by atoms with van der Waals surface area (Å²) in [5.74, 6) is 0.701. The number of hydrogen-bond donors (Lipinski definition) is 1. The molecule has 0 radical (unpaired) electrons. The Bertz CT molecular complexity index is 239. The van der Waals surface area contributed by atoms with Crippen LogP contribution in [0.15, 0.2) is 12.7 Å². The molecule has 2 nitrogen and oxygen atoms in total. The first kappa shape index (κ1) is 14.7. The molecule has 100 valence electrons. The SMILES string of the molecule is C=CC(C)(CNCC(C)C)CC1CCC(C)O1. The molecule has 0 aliphatic carbocycles. The third-order valence-electron chi connectivity index (χ3n) is 3.59. The highest BCUT2D eigenvalue weighted by Gasteiger charge is 2.29. The zero-order valence-corrected chi connectivity index (χ0v) is 12.0. The minimum Gasteiger partial charge on any atom is -0.375 e. The number of ether oxygens (including phenoxy) is 1. The van der Waals surface area contributed by atoms with Crippen LogP contribution >= 0.6 is 0 Å². The molecule has 0 saturated carbocycles. The lowest BCUT2D eigenvalue weighted by Gasteiger charge is -2.29. The van der Waals surface area contributed by atoms with E-state index in [1.807, 2.05) is 0 Å². The van der Waals surface area contributed by atoms with E-state index in [-0.39, 0.29) is 5.41 Å². The summed E-state index contributed by atoms with van der Waals surface area (Å²) in [5.41, 5.74) is 0.156. The van der Waals surface area contributed by atoms with Gasteiger partial charge >= 0.3 is 0 Å². The highest BCUT2D eigenvalue weighted by molar-refractivity contribution is 4.95. The summed E-state index contributed by atoms with van der Waals surface area (Å²) in [6.45, 7) is 15.0. The summed E-state index contributed by atoms with van der Waals surface area (Å²) in [5, 5.41) is 3.53. The molecule has 0 bridgehead atoms. The molecule has 1 fully saturated rings. The van der Waals surface area contributed by atoms with Crippen LogP contribution in [-0.2, 0) is 4.74 Å². The van der Waals surface area contributed by atoms with Gasteiger partial charge in [-0.25, -0.2) is 0 Å². The van der Waals surface area contributed by atoms with Crippen molar-refractivity contribution in [2.75, 3.05) is 13.1 Å². The van der Waals surface area contributed by atoms with E-state index in [0.717, 1.165) is 19.5 Å². The van der Waals surface area contributed by atoms with Crippen LogP contribution in [0.5, 0.6) is 0 Å². The lowest BCUT2D eigenvalue weighted by molar-refractivity contribution is 0.0332. The van der Waals surface area contributed by atoms with Gasteiger partial charge in [0.05, 0.1) is 12.2 Å². The maximum atomic E-state index is 5.91. The molecule has 2 heteroatoms. The largest absolute Gasteiger partial charge is 0.375 e. The molecule has 3 unspecified atom stereocenters. The van der Waals surface area contributed by atoms with E-state index in [9.17, 15) is 0 Å². The Hall–Kier alpha value is -0.340. The summed E-state index contributed by atoms with van der Waals surface area (Å²) in [6.07, 6.45) is 6.46. The topological polar surface area (TPSA) is 21.3 Å². The molecule has 17 heavy (non-hydrogen) atoms. The van der Waals surface area contributed by atoms with Crippen molar-refractivity contribution in [1.82, 2.24) is 5.32 Å². The molecule has 3 atom stereocenters. The Balaban J connectivity index is 2.36. The fourth-order valence-corrected chi connectivity index (χ4v) is 2.43. The van der Waals surface area contributed by atoms with Crippen molar-refractivity contribution in [3.63, 3.8) is 0 Å². The Morgan fingerprint density at radius 1 is 1.47 bits per heavy atom. The second-order valence-electron chi connectivity index (χ2n) is 6.23. The molecule has 1 rings (SSSR count). The van der Waals surface area contributed by atoms with Crippen molar-refractivity contribution in [1.29, 1.82) is 0 Å². The molecule has 1 heterocycles. The summed E-state index contributed by atoms with van der Waals surface area (Å²) in [6, 6.07) is 0. The van der Waals surface area contributed by atoms with E-state index in [4.69, 9.17) is 4.74 Å². The maximum Gasteiger partial charge on any atom is 0.0588 e. The third-order valence-corrected chi connectivity index (χ3v) is 3.59. The predicted octanol–water partition coefficient (Wildman–Crippen LogP) is 3.38. The van der Waals surface area contributed by atoms with Crippen LogP contribution in [0.1, 0.15) is 47.0 Å². The van der Waals surface area contributed by atoms with Gasteiger partial charge in [-0.2, -0.15) is 0 Å². The molecule has 1 aliphatic rings. The van der Waals surface area contributed by atoms with Gasteiger partial charge in [-0.05, 0) is 38.6 Å². The molecular formula is C15H29NO. The third kappa shape index (κ3) is 5.22. The molecule has 0 aromatic heterocycles. The van der Waals surface area contributed by atoms with E-state index < -0.39 is 0 Å². The van der Waals surface area contributed by atoms with Crippen molar-refractivity contribution in [2.24, 2.45) is 11.3 Å². The van der Waals surface area contributed by atoms with E-state index in [1.54, 1.807) is 0 Å². The molecule has 1 aliphatic heterocycles. The molecule has 0 spiro atoms. The van der Waals surface area contributed by atoms with Crippen LogP contribution < -0.4 is 5.32 Å². The van der Waals surface area contributed by atoms with Gasteiger partial charge in [-0.3, -0.25) is 0 Å². The molecule has 1 saturated heterocycles. The number of nitrogens with one attached hydrogen (secondary N) is 1. The quantitative estimate of drug-likeness (QED) is 0.688. The van der Waals surface area contributed by atoms with Crippen molar-refractivity contribution < 1.29 is 4.74 Å². The minimum atomic E-state index is 0.156. The lowest BCUT2D eigenvalue weighted by atomic mass is 9.83. The van der Waals surface area contributed by atoms with Crippen molar-refractivity contribution >= 4 is 0 Å². The lowest BCUT2D eigenvalue weighted by Crippen LogP contribution is -2.35. The van der Waals surface area contributed by atoms with Crippen LogP contribution in [0.2, 0.25) is 0 Å². The van der Waals surface area contributed by atoms with Crippen LogP contribution in [0.3, 0.4) is 0 Å². The predicted molar refractivity (Wildman–Crippen MR) is 74.2 cm³/mol. The smallest absolute Gasteiger partial charge is 0.0588 e.